The summed E-state index contributed by atoms with van der Waals surface area (Å²) in [5.74, 6) is -0.677. The molecule has 0 saturated carbocycles. The number of nitrogens with one attached hydrogen (secondary N) is 2. The Morgan fingerprint density at radius 1 is 0.938 bits per heavy atom. The summed E-state index contributed by atoms with van der Waals surface area (Å²) in [5, 5.41) is 5.67. The van der Waals surface area contributed by atoms with Gasteiger partial charge in [0.15, 0.2) is 0 Å². The van der Waals surface area contributed by atoms with Crippen LogP contribution in [0.4, 0.5) is 5.69 Å². The number of nitrogens with zero attached hydrogens (tertiary/aromatic N) is 1. The summed E-state index contributed by atoms with van der Waals surface area (Å²) in [6.45, 7) is 12.4. The van der Waals surface area contributed by atoms with Crippen molar-refractivity contribution in [2.24, 2.45) is 0 Å². The standard InChI is InChI=1S/C26H35N3O3/c1-17-14-18(2)24(19(3)15-17)28-22(30)16-29(7)23(31)12-13-27-25(32)20-8-10-21(11-9-20)26(4,5)6/h8-11,14-15H,12-13,16H2,1-7H3,(H,27,32)(H,28,30). The highest BCUT2D eigenvalue weighted by Gasteiger charge is 2.16. The Balaban J connectivity index is 1.81. The Kier molecular flexibility index (Phi) is 8.19. The zero-order chi connectivity index (χ0) is 24.1. The fourth-order valence-corrected chi connectivity index (χ4v) is 3.56. The minimum atomic E-state index is -0.251. The van der Waals surface area contributed by atoms with Gasteiger partial charge in [0.2, 0.25) is 11.8 Å². The average Bonchev–Trinajstić information content (AvgIpc) is 2.69. The van der Waals surface area contributed by atoms with Crippen LogP contribution >= 0.6 is 0 Å². The van der Waals surface area contributed by atoms with Crippen molar-refractivity contribution in [3.63, 3.8) is 0 Å². The molecule has 0 saturated heterocycles. The normalized spacial score (nSPS) is 11.1. The SMILES string of the molecule is Cc1cc(C)c(NC(=O)CN(C)C(=O)CCNC(=O)c2ccc(C(C)(C)C)cc2)c(C)c1. The van der Waals surface area contributed by atoms with Crippen LogP contribution in [0, 0.1) is 20.8 Å². The second kappa shape index (κ2) is 10.4. The van der Waals surface area contributed by atoms with Crippen LogP contribution in [0.5, 0.6) is 0 Å². The number of carbonyl (C=O) groups excluding carboxylic acids is 3. The summed E-state index contributed by atoms with van der Waals surface area (Å²) < 4.78 is 0. The van der Waals surface area contributed by atoms with Crippen LogP contribution < -0.4 is 10.6 Å². The number of benzene rings is 2. The molecule has 6 nitrogen and oxygen atoms in total. The van der Waals surface area contributed by atoms with Crippen LogP contribution in [0.1, 0.15) is 59.8 Å². The number of hydrogen-bond acceptors (Lipinski definition) is 3. The number of carbonyl (C=O) groups is 3. The van der Waals surface area contributed by atoms with Gasteiger partial charge in [-0.05, 0) is 55.0 Å². The van der Waals surface area contributed by atoms with Gasteiger partial charge in [-0.3, -0.25) is 14.4 Å². The number of aryl methyl sites for hydroxylation is 3. The molecule has 2 N–H and O–H groups in total. The molecule has 32 heavy (non-hydrogen) atoms. The summed E-state index contributed by atoms with van der Waals surface area (Å²) in [5.41, 5.74) is 5.63. The third-order valence-corrected chi connectivity index (χ3v) is 5.39. The highest BCUT2D eigenvalue weighted by atomic mass is 16.2. The molecule has 0 heterocycles. The fraction of sp³-hybridized carbons (Fsp3) is 0.423. The van der Waals surface area contributed by atoms with Crippen molar-refractivity contribution in [1.82, 2.24) is 10.2 Å². The van der Waals surface area contributed by atoms with Crippen molar-refractivity contribution in [2.45, 2.75) is 53.4 Å². The van der Waals surface area contributed by atoms with Crippen LogP contribution in [0.2, 0.25) is 0 Å². The maximum absolute atomic E-state index is 12.4. The Bertz CT molecular complexity index is 965. The predicted octanol–water partition coefficient (Wildman–Crippen LogP) is 4.13. The molecule has 2 aromatic carbocycles. The summed E-state index contributed by atoms with van der Waals surface area (Å²) in [6, 6.07) is 11.5. The molecule has 0 aliphatic rings. The van der Waals surface area contributed by atoms with E-state index in [4.69, 9.17) is 0 Å². The Morgan fingerprint density at radius 3 is 2.03 bits per heavy atom. The van der Waals surface area contributed by atoms with Crippen LogP contribution in [0.25, 0.3) is 0 Å². The Labute approximate surface area is 191 Å². The topological polar surface area (TPSA) is 78.5 Å². The predicted molar refractivity (Wildman–Crippen MR) is 129 cm³/mol. The van der Waals surface area contributed by atoms with Gasteiger partial charge in [0.05, 0.1) is 6.54 Å². The third kappa shape index (κ3) is 6.94. The number of likely N-dealkylation sites (N-methyl/N-ethyl adjacent to an activating group) is 1. The van der Waals surface area contributed by atoms with Crippen molar-refractivity contribution in [2.75, 3.05) is 25.5 Å². The first-order valence-corrected chi connectivity index (χ1v) is 10.9. The van der Waals surface area contributed by atoms with E-state index >= 15 is 0 Å². The largest absolute Gasteiger partial charge is 0.352 e. The molecule has 6 heteroatoms. The molecule has 0 unspecified atom stereocenters. The quantitative estimate of drug-likeness (QED) is 0.684. The second-order valence-electron chi connectivity index (χ2n) is 9.40. The van der Waals surface area contributed by atoms with Crippen LogP contribution in [-0.4, -0.2) is 42.8 Å². The summed E-state index contributed by atoms with van der Waals surface area (Å²) in [4.78, 5) is 38.5. The highest BCUT2D eigenvalue weighted by Crippen LogP contribution is 2.23. The second-order valence-corrected chi connectivity index (χ2v) is 9.40. The molecule has 0 aromatic heterocycles. The molecule has 0 atom stereocenters. The molecule has 3 amide bonds. The van der Waals surface area contributed by atoms with E-state index in [1.807, 2.05) is 45.0 Å². The van der Waals surface area contributed by atoms with Crippen molar-refractivity contribution < 1.29 is 14.4 Å². The lowest BCUT2D eigenvalue weighted by atomic mass is 9.87. The molecule has 0 aliphatic carbocycles. The molecule has 172 valence electrons. The van der Waals surface area contributed by atoms with Crippen LogP contribution in [0.3, 0.4) is 0 Å². The van der Waals surface area contributed by atoms with Crippen molar-refractivity contribution in [3.8, 4) is 0 Å². The highest BCUT2D eigenvalue weighted by molar-refractivity contribution is 5.96. The Morgan fingerprint density at radius 2 is 1.50 bits per heavy atom. The lowest BCUT2D eigenvalue weighted by molar-refractivity contribution is -0.133. The van der Waals surface area contributed by atoms with Gasteiger partial charge in [-0.15, -0.1) is 0 Å². The Hall–Kier alpha value is -3.15. The smallest absolute Gasteiger partial charge is 0.251 e. The molecular weight excluding hydrogens is 402 g/mol. The zero-order valence-electron chi connectivity index (χ0n) is 20.3. The summed E-state index contributed by atoms with van der Waals surface area (Å²) in [6.07, 6.45) is 0.123. The molecule has 0 bridgehead atoms. The first-order chi connectivity index (χ1) is 14.9. The number of hydrogen-bond donors (Lipinski definition) is 2. The minimum Gasteiger partial charge on any atom is -0.352 e. The number of rotatable bonds is 7. The first kappa shape index (κ1) is 25.1. The molecule has 0 radical (unpaired) electrons. The number of anilines is 1. The van der Waals surface area contributed by atoms with Gasteiger partial charge in [-0.25, -0.2) is 0 Å². The lowest BCUT2D eigenvalue weighted by Crippen LogP contribution is -2.37. The third-order valence-electron chi connectivity index (χ3n) is 5.39. The molecule has 0 aliphatic heterocycles. The minimum absolute atomic E-state index is 0.0230. The molecular formula is C26H35N3O3. The van der Waals surface area contributed by atoms with E-state index in [0.717, 1.165) is 27.9 Å². The monoisotopic (exact) mass is 437 g/mol. The number of amides is 3. The van der Waals surface area contributed by atoms with Crippen molar-refractivity contribution in [1.29, 1.82) is 0 Å². The molecule has 0 spiro atoms. The maximum atomic E-state index is 12.4. The summed E-state index contributed by atoms with van der Waals surface area (Å²) >= 11 is 0. The average molecular weight is 438 g/mol. The van der Waals surface area contributed by atoms with Crippen molar-refractivity contribution >= 4 is 23.4 Å². The van der Waals surface area contributed by atoms with Gasteiger partial charge >= 0.3 is 0 Å². The molecule has 2 rings (SSSR count). The van der Waals surface area contributed by atoms with E-state index in [1.165, 1.54) is 4.90 Å². The van der Waals surface area contributed by atoms with E-state index in [1.54, 1.807) is 19.2 Å². The molecule has 0 fully saturated rings. The van der Waals surface area contributed by atoms with Gasteiger partial charge in [0, 0.05) is 31.3 Å². The van der Waals surface area contributed by atoms with Gasteiger partial charge in [0.25, 0.3) is 5.91 Å². The van der Waals surface area contributed by atoms with E-state index in [0.29, 0.717) is 5.56 Å². The van der Waals surface area contributed by atoms with Crippen LogP contribution in [0.15, 0.2) is 36.4 Å². The summed E-state index contributed by atoms with van der Waals surface area (Å²) in [7, 11) is 1.59. The van der Waals surface area contributed by atoms with Crippen molar-refractivity contribution in [3.05, 3.63) is 64.2 Å². The van der Waals surface area contributed by atoms with E-state index in [2.05, 4.69) is 31.4 Å². The fourth-order valence-electron chi connectivity index (χ4n) is 3.56. The lowest BCUT2D eigenvalue weighted by Gasteiger charge is -2.19. The van der Waals surface area contributed by atoms with Gasteiger partial charge in [-0.2, -0.15) is 0 Å². The van der Waals surface area contributed by atoms with E-state index < -0.39 is 0 Å². The van der Waals surface area contributed by atoms with Gasteiger partial charge in [0.1, 0.15) is 0 Å². The molecule has 2 aromatic rings. The van der Waals surface area contributed by atoms with E-state index in [-0.39, 0.29) is 42.6 Å². The van der Waals surface area contributed by atoms with Gasteiger partial charge in [-0.1, -0.05) is 50.6 Å². The first-order valence-electron chi connectivity index (χ1n) is 10.9. The zero-order valence-corrected chi connectivity index (χ0v) is 20.3. The maximum Gasteiger partial charge on any atom is 0.251 e. The van der Waals surface area contributed by atoms with Gasteiger partial charge < -0.3 is 15.5 Å². The van der Waals surface area contributed by atoms with E-state index in [9.17, 15) is 14.4 Å². The van der Waals surface area contributed by atoms with Crippen LogP contribution in [-0.2, 0) is 15.0 Å².